The topological polar surface area (TPSA) is 61.3 Å². The van der Waals surface area contributed by atoms with E-state index >= 15 is 0 Å². The molecule has 4 nitrogen and oxygen atoms in total. The molecule has 1 aromatic rings. The van der Waals surface area contributed by atoms with E-state index in [4.69, 9.17) is 14.9 Å². The second kappa shape index (κ2) is 4.11. The molecule has 0 bridgehead atoms. The van der Waals surface area contributed by atoms with E-state index in [9.17, 15) is 0 Å². The van der Waals surface area contributed by atoms with Gasteiger partial charge in [0.15, 0.2) is 5.89 Å². The fourth-order valence-corrected chi connectivity index (χ4v) is 1.82. The summed E-state index contributed by atoms with van der Waals surface area (Å²) in [6.07, 6.45) is 1.77. The van der Waals surface area contributed by atoms with Crippen molar-refractivity contribution in [2.24, 2.45) is 5.73 Å². The maximum atomic E-state index is 5.52. The van der Waals surface area contributed by atoms with Gasteiger partial charge >= 0.3 is 0 Å². The Kier molecular flexibility index (Phi) is 2.84. The van der Waals surface area contributed by atoms with E-state index in [1.54, 1.807) is 0 Å². The van der Waals surface area contributed by atoms with Crippen LogP contribution < -0.4 is 5.73 Å². The number of oxazole rings is 1. The van der Waals surface area contributed by atoms with Crippen LogP contribution in [-0.2, 0) is 11.2 Å². The van der Waals surface area contributed by atoms with Crippen molar-refractivity contribution in [3.63, 3.8) is 0 Å². The quantitative estimate of drug-likeness (QED) is 0.783. The molecule has 0 aliphatic carbocycles. The zero-order chi connectivity index (χ0) is 9.97. The van der Waals surface area contributed by atoms with Crippen molar-refractivity contribution in [2.45, 2.75) is 25.7 Å². The first-order valence-electron chi connectivity index (χ1n) is 5.05. The molecule has 1 fully saturated rings. The highest BCUT2D eigenvalue weighted by Crippen LogP contribution is 2.27. The van der Waals surface area contributed by atoms with Gasteiger partial charge in [0.25, 0.3) is 0 Å². The third kappa shape index (κ3) is 1.81. The zero-order valence-electron chi connectivity index (χ0n) is 8.45. The summed E-state index contributed by atoms with van der Waals surface area (Å²) in [7, 11) is 0. The Morgan fingerprint density at radius 2 is 2.43 bits per heavy atom. The normalized spacial score (nSPS) is 21.7. The van der Waals surface area contributed by atoms with E-state index in [0.29, 0.717) is 18.9 Å². The summed E-state index contributed by atoms with van der Waals surface area (Å²) in [4.78, 5) is 4.45. The molecule has 2 N–H and O–H groups in total. The lowest BCUT2D eigenvalue weighted by Crippen LogP contribution is -2.04. The molecule has 1 aliphatic rings. The van der Waals surface area contributed by atoms with Crippen molar-refractivity contribution < 1.29 is 9.15 Å². The van der Waals surface area contributed by atoms with Gasteiger partial charge in [-0.05, 0) is 13.3 Å². The minimum atomic E-state index is 0.422. The van der Waals surface area contributed by atoms with Gasteiger partial charge in [-0.3, -0.25) is 0 Å². The Balaban J connectivity index is 2.15. The van der Waals surface area contributed by atoms with E-state index < -0.39 is 0 Å². The number of hydrogen-bond donors (Lipinski definition) is 1. The molecule has 1 atom stereocenters. The van der Waals surface area contributed by atoms with Crippen molar-refractivity contribution in [1.82, 2.24) is 4.98 Å². The van der Waals surface area contributed by atoms with E-state index in [1.807, 2.05) is 6.92 Å². The zero-order valence-corrected chi connectivity index (χ0v) is 8.45. The average Bonchev–Trinajstić information content (AvgIpc) is 2.74. The molecule has 1 aromatic heterocycles. The largest absolute Gasteiger partial charge is 0.446 e. The van der Waals surface area contributed by atoms with E-state index in [1.165, 1.54) is 0 Å². The number of nitrogens with two attached hydrogens (primary N) is 1. The van der Waals surface area contributed by atoms with Gasteiger partial charge in [0, 0.05) is 25.5 Å². The summed E-state index contributed by atoms with van der Waals surface area (Å²) in [5.41, 5.74) is 6.51. The third-order valence-corrected chi connectivity index (χ3v) is 2.55. The van der Waals surface area contributed by atoms with Crippen molar-refractivity contribution in [2.75, 3.05) is 19.8 Å². The maximum Gasteiger partial charge on any atom is 0.195 e. The van der Waals surface area contributed by atoms with Crippen LogP contribution in [0.15, 0.2) is 4.42 Å². The van der Waals surface area contributed by atoms with E-state index in [0.717, 1.165) is 37.0 Å². The Hall–Kier alpha value is -0.870. The predicted octanol–water partition coefficient (Wildman–Crippen LogP) is 0.988. The summed E-state index contributed by atoms with van der Waals surface area (Å²) in [6, 6.07) is 0. The SMILES string of the molecule is Cc1oc(CCN)nc1C1CCOC1. The number of hydrogen-bond acceptors (Lipinski definition) is 4. The Bertz CT molecular complexity index is 303. The first-order chi connectivity index (χ1) is 6.81. The van der Waals surface area contributed by atoms with Crippen LogP contribution in [0.25, 0.3) is 0 Å². The van der Waals surface area contributed by atoms with Gasteiger partial charge in [-0.25, -0.2) is 4.98 Å². The second-order valence-electron chi connectivity index (χ2n) is 3.65. The molecule has 0 aromatic carbocycles. The standard InChI is InChI=1S/C10H16N2O2/c1-7-10(8-3-5-13-6-8)12-9(14-7)2-4-11/h8H,2-6,11H2,1H3. The number of aryl methyl sites for hydroxylation is 1. The predicted molar refractivity (Wildman–Crippen MR) is 52.2 cm³/mol. The molecule has 0 saturated carbocycles. The highest BCUT2D eigenvalue weighted by atomic mass is 16.5. The number of ether oxygens (including phenoxy) is 1. The van der Waals surface area contributed by atoms with Crippen LogP contribution in [0.1, 0.15) is 29.7 Å². The summed E-state index contributed by atoms with van der Waals surface area (Å²) in [5, 5.41) is 0. The molecule has 4 heteroatoms. The van der Waals surface area contributed by atoms with Gasteiger partial charge in [-0.1, -0.05) is 0 Å². The molecule has 14 heavy (non-hydrogen) atoms. The van der Waals surface area contributed by atoms with Crippen LogP contribution in [-0.4, -0.2) is 24.7 Å². The first kappa shape index (κ1) is 9.68. The molecule has 1 aliphatic heterocycles. The van der Waals surface area contributed by atoms with Gasteiger partial charge in [0.2, 0.25) is 0 Å². The van der Waals surface area contributed by atoms with Crippen LogP contribution in [0.2, 0.25) is 0 Å². The molecule has 2 heterocycles. The van der Waals surface area contributed by atoms with Crippen LogP contribution in [0.4, 0.5) is 0 Å². The highest BCUT2D eigenvalue weighted by molar-refractivity contribution is 5.15. The summed E-state index contributed by atoms with van der Waals surface area (Å²) in [5.74, 6) is 2.10. The first-order valence-corrected chi connectivity index (χ1v) is 5.05. The monoisotopic (exact) mass is 196 g/mol. The summed E-state index contributed by atoms with van der Waals surface area (Å²) >= 11 is 0. The molecule has 0 amide bonds. The average molecular weight is 196 g/mol. The van der Waals surface area contributed by atoms with Gasteiger partial charge in [-0.2, -0.15) is 0 Å². The van der Waals surface area contributed by atoms with E-state index in [-0.39, 0.29) is 0 Å². The highest BCUT2D eigenvalue weighted by Gasteiger charge is 2.23. The van der Waals surface area contributed by atoms with Crippen molar-refractivity contribution in [1.29, 1.82) is 0 Å². The summed E-state index contributed by atoms with van der Waals surface area (Å²) in [6.45, 7) is 4.15. The van der Waals surface area contributed by atoms with Crippen molar-refractivity contribution in [3.05, 3.63) is 17.3 Å². The Labute approximate surface area is 83.4 Å². The van der Waals surface area contributed by atoms with Crippen LogP contribution in [0.5, 0.6) is 0 Å². The lowest BCUT2D eigenvalue weighted by Gasteiger charge is -2.02. The summed E-state index contributed by atoms with van der Waals surface area (Å²) < 4.78 is 10.9. The molecule has 1 unspecified atom stereocenters. The third-order valence-electron chi connectivity index (χ3n) is 2.55. The molecule has 0 spiro atoms. The Morgan fingerprint density at radius 3 is 3.07 bits per heavy atom. The van der Waals surface area contributed by atoms with Crippen LogP contribution in [0, 0.1) is 6.92 Å². The molecule has 0 radical (unpaired) electrons. The fraction of sp³-hybridized carbons (Fsp3) is 0.700. The van der Waals surface area contributed by atoms with Crippen LogP contribution in [0.3, 0.4) is 0 Å². The van der Waals surface area contributed by atoms with E-state index in [2.05, 4.69) is 4.98 Å². The fourth-order valence-electron chi connectivity index (χ4n) is 1.82. The lowest BCUT2D eigenvalue weighted by molar-refractivity contribution is 0.193. The minimum absolute atomic E-state index is 0.422. The molecular formula is C10H16N2O2. The molecule has 78 valence electrons. The van der Waals surface area contributed by atoms with Gasteiger partial charge < -0.3 is 14.9 Å². The number of nitrogens with zero attached hydrogens (tertiary/aromatic N) is 1. The van der Waals surface area contributed by atoms with Crippen LogP contribution >= 0.6 is 0 Å². The smallest absolute Gasteiger partial charge is 0.195 e. The van der Waals surface area contributed by atoms with Gasteiger partial charge in [0.05, 0.1) is 12.3 Å². The lowest BCUT2D eigenvalue weighted by atomic mass is 10.0. The number of aromatic nitrogens is 1. The van der Waals surface area contributed by atoms with Gasteiger partial charge in [-0.15, -0.1) is 0 Å². The molecule has 1 saturated heterocycles. The molecule has 2 rings (SSSR count). The second-order valence-corrected chi connectivity index (χ2v) is 3.65. The number of rotatable bonds is 3. The Morgan fingerprint density at radius 1 is 1.57 bits per heavy atom. The van der Waals surface area contributed by atoms with Crippen molar-refractivity contribution in [3.8, 4) is 0 Å². The minimum Gasteiger partial charge on any atom is -0.446 e. The molecular weight excluding hydrogens is 180 g/mol. The van der Waals surface area contributed by atoms with Crippen molar-refractivity contribution >= 4 is 0 Å². The van der Waals surface area contributed by atoms with Gasteiger partial charge in [0.1, 0.15) is 5.76 Å². The maximum absolute atomic E-state index is 5.52.